The van der Waals surface area contributed by atoms with Crippen LogP contribution in [0.5, 0.6) is 0 Å². The lowest BCUT2D eigenvalue weighted by atomic mass is 10.0. The van der Waals surface area contributed by atoms with E-state index in [1.54, 1.807) is 12.1 Å². The number of carboxylic acids is 1. The fourth-order valence-corrected chi connectivity index (χ4v) is 4.02. The molecule has 2 aliphatic heterocycles. The van der Waals surface area contributed by atoms with Gasteiger partial charge in [-0.15, -0.1) is 0 Å². The molecule has 0 aromatic carbocycles. The Balaban J connectivity index is 1.58. The molecule has 3 rings (SSSR count). The second-order valence-corrected chi connectivity index (χ2v) is 7.42. The lowest BCUT2D eigenvalue weighted by Gasteiger charge is -2.39. The molecule has 138 valence electrons. The van der Waals surface area contributed by atoms with Crippen molar-refractivity contribution in [3.05, 3.63) is 23.9 Å². The molecule has 1 N–H and O–H groups in total. The van der Waals surface area contributed by atoms with Crippen molar-refractivity contribution < 1.29 is 9.90 Å². The van der Waals surface area contributed by atoms with Gasteiger partial charge in [0.1, 0.15) is 5.82 Å². The molecule has 2 saturated heterocycles. The Bertz CT molecular complexity index is 585. The number of pyridine rings is 1. The summed E-state index contributed by atoms with van der Waals surface area (Å²) in [6.45, 7) is 11.0. The van der Waals surface area contributed by atoms with Gasteiger partial charge in [-0.05, 0) is 58.3 Å². The largest absolute Gasteiger partial charge is 0.477 e. The van der Waals surface area contributed by atoms with Crippen LogP contribution in [-0.4, -0.2) is 77.2 Å². The van der Waals surface area contributed by atoms with Crippen molar-refractivity contribution in [3.8, 4) is 0 Å². The molecule has 25 heavy (non-hydrogen) atoms. The van der Waals surface area contributed by atoms with Crippen molar-refractivity contribution in [2.75, 3.05) is 44.2 Å². The van der Waals surface area contributed by atoms with E-state index in [9.17, 15) is 4.79 Å². The Morgan fingerprint density at radius 2 is 1.88 bits per heavy atom. The van der Waals surface area contributed by atoms with Crippen molar-refractivity contribution in [2.24, 2.45) is 0 Å². The van der Waals surface area contributed by atoms with Crippen LogP contribution in [0.25, 0.3) is 0 Å². The Morgan fingerprint density at radius 1 is 1.12 bits per heavy atom. The van der Waals surface area contributed by atoms with Crippen LogP contribution in [0.4, 0.5) is 5.82 Å². The predicted molar refractivity (Wildman–Crippen MR) is 99.3 cm³/mol. The molecular formula is C19H30N4O2. The van der Waals surface area contributed by atoms with Crippen LogP contribution in [0.3, 0.4) is 0 Å². The summed E-state index contributed by atoms with van der Waals surface area (Å²) in [4.78, 5) is 22.9. The molecule has 0 saturated carbocycles. The SMILES string of the molecule is CC(C)N1CCC(N2CCCN(c3cccc(C(=O)O)n3)CC2)CC1. The second-order valence-electron chi connectivity index (χ2n) is 7.42. The standard InChI is InChI=1S/C19H30N4O2/c1-15(2)21-11-7-16(8-12-21)22-9-4-10-23(14-13-22)18-6-3-5-17(20-18)19(24)25/h3,5-6,15-16H,4,7-14H2,1-2H3,(H,24,25). The summed E-state index contributed by atoms with van der Waals surface area (Å²) < 4.78 is 0. The minimum atomic E-state index is -0.963. The van der Waals surface area contributed by atoms with Gasteiger partial charge in [0.25, 0.3) is 0 Å². The maximum atomic E-state index is 11.1. The highest BCUT2D eigenvalue weighted by Gasteiger charge is 2.27. The number of anilines is 1. The van der Waals surface area contributed by atoms with Gasteiger partial charge in [-0.3, -0.25) is 4.90 Å². The molecule has 0 radical (unpaired) electrons. The highest BCUT2D eigenvalue weighted by molar-refractivity contribution is 5.85. The third-order valence-electron chi connectivity index (χ3n) is 5.55. The van der Waals surface area contributed by atoms with Crippen LogP contribution in [0.15, 0.2) is 18.2 Å². The summed E-state index contributed by atoms with van der Waals surface area (Å²) in [6, 6.07) is 6.60. The zero-order chi connectivity index (χ0) is 17.8. The number of likely N-dealkylation sites (tertiary alicyclic amines) is 1. The summed E-state index contributed by atoms with van der Waals surface area (Å²) in [5.74, 6) is -0.174. The normalized spacial score (nSPS) is 21.5. The summed E-state index contributed by atoms with van der Waals surface area (Å²) in [5.41, 5.74) is 0.125. The lowest BCUT2D eigenvalue weighted by molar-refractivity contribution is 0.0690. The first-order valence-electron chi connectivity index (χ1n) is 9.48. The molecule has 0 unspecified atom stereocenters. The van der Waals surface area contributed by atoms with Gasteiger partial charge in [-0.1, -0.05) is 6.07 Å². The summed E-state index contributed by atoms with van der Waals surface area (Å²) in [6.07, 6.45) is 3.61. The number of aromatic carboxylic acids is 1. The first kappa shape index (κ1) is 18.1. The Hall–Kier alpha value is -1.66. The summed E-state index contributed by atoms with van der Waals surface area (Å²) in [5, 5.41) is 9.14. The van der Waals surface area contributed by atoms with Crippen molar-refractivity contribution in [1.82, 2.24) is 14.8 Å². The first-order valence-corrected chi connectivity index (χ1v) is 9.48. The molecule has 0 bridgehead atoms. The van der Waals surface area contributed by atoms with Crippen LogP contribution in [0, 0.1) is 0 Å². The van der Waals surface area contributed by atoms with Crippen molar-refractivity contribution in [1.29, 1.82) is 0 Å². The van der Waals surface area contributed by atoms with Crippen LogP contribution in [-0.2, 0) is 0 Å². The molecule has 1 aromatic heterocycles. The fraction of sp³-hybridized carbons (Fsp3) is 0.684. The molecule has 0 aliphatic carbocycles. The molecule has 1 aromatic rings. The Labute approximate surface area is 150 Å². The molecule has 0 spiro atoms. The van der Waals surface area contributed by atoms with Gasteiger partial charge >= 0.3 is 5.97 Å². The van der Waals surface area contributed by atoms with Gasteiger partial charge < -0.3 is 14.9 Å². The van der Waals surface area contributed by atoms with Gasteiger partial charge in [0.15, 0.2) is 5.69 Å². The van der Waals surface area contributed by atoms with E-state index in [0.717, 1.165) is 38.4 Å². The van der Waals surface area contributed by atoms with E-state index in [4.69, 9.17) is 5.11 Å². The molecule has 3 heterocycles. The van der Waals surface area contributed by atoms with E-state index < -0.39 is 5.97 Å². The predicted octanol–water partition coefficient (Wildman–Crippen LogP) is 2.16. The van der Waals surface area contributed by atoms with Gasteiger partial charge in [-0.25, -0.2) is 9.78 Å². The molecule has 0 amide bonds. The van der Waals surface area contributed by atoms with Crippen molar-refractivity contribution >= 4 is 11.8 Å². The zero-order valence-electron chi connectivity index (χ0n) is 15.4. The van der Waals surface area contributed by atoms with Gasteiger partial charge in [0.2, 0.25) is 0 Å². The van der Waals surface area contributed by atoms with Crippen LogP contribution < -0.4 is 4.90 Å². The van der Waals surface area contributed by atoms with Crippen LogP contribution in [0.1, 0.15) is 43.6 Å². The van der Waals surface area contributed by atoms with E-state index >= 15 is 0 Å². The van der Waals surface area contributed by atoms with Crippen LogP contribution >= 0.6 is 0 Å². The number of hydrogen-bond donors (Lipinski definition) is 1. The summed E-state index contributed by atoms with van der Waals surface area (Å²) >= 11 is 0. The number of aromatic nitrogens is 1. The van der Waals surface area contributed by atoms with E-state index in [-0.39, 0.29) is 5.69 Å². The minimum Gasteiger partial charge on any atom is -0.477 e. The first-order chi connectivity index (χ1) is 12.0. The number of rotatable bonds is 4. The number of nitrogens with zero attached hydrogens (tertiary/aromatic N) is 4. The monoisotopic (exact) mass is 346 g/mol. The fourth-order valence-electron chi connectivity index (χ4n) is 4.02. The van der Waals surface area contributed by atoms with Gasteiger partial charge in [0, 0.05) is 38.3 Å². The maximum Gasteiger partial charge on any atom is 0.354 e. The van der Waals surface area contributed by atoms with E-state index in [1.807, 2.05) is 6.07 Å². The number of carbonyl (C=O) groups is 1. The van der Waals surface area contributed by atoms with Crippen LogP contribution in [0.2, 0.25) is 0 Å². The molecular weight excluding hydrogens is 316 g/mol. The molecule has 6 heteroatoms. The van der Waals surface area contributed by atoms with Gasteiger partial charge in [0.05, 0.1) is 0 Å². The van der Waals surface area contributed by atoms with Gasteiger partial charge in [-0.2, -0.15) is 0 Å². The lowest BCUT2D eigenvalue weighted by Crippen LogP contribution is -2.47. The van der Waals surface area contributed by atoms with E-state index in [2.05, 4.69) is 33.5 Å². The van der Waals surface area contributed by atoms with Crippen molar-refractivity contribution in [3.63, 3.8) is 0 Å². The molecule has 6 nitrogen and oxygen atoms in total. The number of carboxylic acid groups (broad SMARTS) is 1. The Kier molecular flexibility index (Phi) is 5.91. The Morgan fingerprint density at radius 3 is 2.56 bits per heavy atom. The van der Waals surface area contributed by atoms with E-state index in [1.165, 1.54) is 25.9 Å². The smallest absolute Gasteiger partial charge is 0.354 e. The quantitative estimate of drug-likeness (QED) is 0.902. The topological polar surface area (TPSA) is 59.9 Å². The summed E-state index contributed by atoms with van der Waals surface area (Å²) in [7, 11) is 0. The molecule has 2 aliphatic rings. The maximum absolute atomic E-state index is 11.1. The average molecular weight is 346 g/mol. The number of piperidine rings is 1. The van der Waals surface area contributed by atoms with Crippen molar-refractivity contribution in [2.45, 2.75) is 45.2 Å². The average Bonchev–Trinajstić information content (AvgIpc) is 2.88. The highest BCUT2D eigenvalue weighted by atomic mass is 16.4. The molecule has 0 atom stereocenters. The third-order valence-corrected chi connectivity index (χ3v) is 5.55. The third kappa shape index (κ3) is 4.50. The second kappa shape index (κ2) is 8.15. The van der Waals surface area contributed by atoms with E-state index in [0.29, 0.717) is 12.1 Å². The number of hydrogen-bond acceptors (Lipinski definition) is 5. The minimum absolute atomic E-state index is 0.125. The highest BCUT2D eigenvalue weighted by Crippen LogP contribution is 2.21. The zero-order valence-corrected chi connectivity index (χ0v) is 15.4. The molecule has 2 fully saturated rings.